The summed E-state index contributed by atoms with van der Waals surface area (Å²) in [6, 6.07) is 9.60. The fourth-order valence-electron chi connectivity index (χ4n) is 1.87. The predicted octanol–water partition coefficient (Wildman–Crippen LogP) is 2.54. The Morgan fingerprint density at radius 3 is 2.82 bits per heavy atom. The molecule has 1 amide bonds. The molecule has 0 spiro atoms. The van der Waals surface area contributed by atoms with Crippen LogP contribution >= 0.6 is 0 Å². The quantitative estimate of drug-likeness (QED) is 0.698. The molecule has 0 fully saturated rings. The van der Waals surface area contributed by atoms with Crippen molar-refractivity contribution in [2.75, 3.05) is 19.8 Å². The van der Waals surface area contributed by atoms with Crippen LogP contribution in [0.15, 0.2) is 42.9 Å². The van der Waals surface area contributed by atoms with E-state index in [0.29, 0.717) is 19.8 Å². The maximum absolute atomic E-state index is 11.4. The highest BCUT2D eigenvalue weighted by molar-refractivity contribution is 5.66. The molecule has 0 aliphatic carbocycles. The van der Waals surface area contributed by atoms with Crippen LogP contribution in [0.4, 0.5) is 4.79 Å². The molecular formula is C16H21N3O3. The van der Waals surface area contributed by atoms with E-state index in [1.54, 1.807) is 12.5 Å². The third kappa shape index (κ3) is 6.30. The van der Waals surface area contributed by atoms with Crippen molar-refractivity contribution >= 4 is 6.09 Å². The molecule has 1 heterocycles. The summed E-state index contributed by atoms with van der Waals surface area (Å²) in [4.78, 5) is 18.4. The Morgan fingerprint density at radius 2 is 2.05 bits per heavy atom. The molecule has 0 bridgehead atoms. The van der Waals surface area contributed by atoms with Gasteiger partial charge in [0.1, 0.15) is 5.75 Å². The van der Waals surface area contributed by atoms with E-state index in [-0.39, 0.29) is 6.09 Å². The van der Waals surface area contributed by atoms with Crippen LogP contribution in [0.1, 0.15) is 18.5 Å². The van der Waals surface area contributed by atoms with Crippen molar-refractivity contribution in [1.82, 2.24) is 15.3 Å². The first-order chi connectivity index (χ1) is 10.8. The van der Waals surface area contributed by atoms with Crippen molar-refractivity contribution in [3.05, 3.63) is 48.5 Å². The number of carbonyl (C=O) groups is 1. The molecule has 2 N–H and O–H groups in total. The van der Waals surface area contributed by atoms with Crippen LogP contribution in [0.5, 0.6) is 5.75 Å². The lowest BCUT2D eigenvalue weighted by atomic mass is 10.3. The second-order valence-corrected chi connectivity index (χ2v) is 4.76. The number of benzene rings is 1. The summed E-state index contributed by atoms with van der Waals surface area (Å²) in [5, 5.41) is 2.70. The van der Waals surface area contributed by atoms with Gasteiger partial charge in [-0.05, 0) is 31.4 Å². The van der Waals surface area contributed by atoms with Gasteiger partial charge < -0.3 is 19.8 Å². The molecule has 118 valence electrons. The number of nitrogens with zero attached hydrogens (tertiary/aromatic N) is 1. The summed E-state index contributed by atoms with van der Waals surface area (Å²) in [6.07, 6.45) is 5.35. The molecular weight excluding hydrogens is 282 g/mol. The Balaban J connectivity index is 1.44. The molecule has 0 aliphatic rings. The maximum atomic E-state index is 11.4. The van der Waals surface area contributed by atoms with Gasteiger partial charge in [-0.3, -0.25) is 0 Å². The number of alkyl carbamates (subject to hydrolysis) is 1. The largest absolute Gasteiger partial charge is 0.494 e. The van der Waals surface area contributed by atoms with Gasteiger partial charge in [-0.1, -0.05) is 18.2 Å². The molecule has 1 aromatic carbocycles. The summed E-state index contributed by atoms with van der Waals surface area (Å²) in [6.45, 7) is 1.49. The number of hydrogen-bond donors (Lipinski definition) is 2. The molecule has 0 radical (unpaired) electrons. The van der Waals surface area contributed by atoms with Gasteiger partial charge in [0.25, 0.3) is 0 Å². The number of carbonyl (C=O) groups excluding carboxylic acids is 1. The number of hydrogen-bond acceptors (Lipinski definition) is 4. The third-order valence-electron chi connectivity index (χ3n) is 2.98. The van der Waals surface area contributed by atoms with E-state index in [1.807, 2.05) is 30.3 Å². The SMILES string of the molecule is O=C(NCCCOc1ccccc1)OCCCc1cnc[nH]1. The van der Waals surface area contributed by atoms with E-state index in [0.717, 1.165) is 30.7 Å². The van der Waals surface area contributed by atoms with E-state index < -0.39 is 0 Å². The highest BCUT2D eigenvalue weighted by Crippen LogP contribution is 2.08. The number of imidazole rings is 1. The summed E-state index contributed by atoms with van der Waals surface area (Å²) < 4.78 is 10.6. The molecule has 1 aromatic heterocycles. The minimum absolute atomic E-state index is 0.385. The van der Waals surface area contributed by atoms with Crippen molar-refractivity contribution < 1.29 is 14.3 Å². The highest BCUT2D eigenvalue weighted by Gasteiger charge is 2.01. The van der Waals surface area contributed by atoms with Crippen LogP contribution in [-0.4, -0.2) is 35.8 Å². The zero-order chi connectivity index (χ0) is 15.5. The second-order valence-electron chi connectivity index (χ2n) is 4.76. The van der Waals surface area contributed by atoms with Crippen molar-refractivity contribution in [1.29, 1.82) is 0 Å². The van der Waals surface area contributed by atoms with Crippen LogP contribution in [0.2, 0.25) is 0 Å². The lowest BCUT2D eigenvalue weighted by Crippen LogP contribution is -2.26. The monoisotopic (exact) mass is 303 g/mol. The van der Waals surface area contributed by atoms with Gasteiger partial charge in [0.15, 0.2) is 0 Å². The van der Waals surface area contributed by atoms with Crippen LogP contribution in [-0.2, 0) is 11.2 Å². The fraction of sp³-hybridized carbons (Fsp3) is 0.375. The van der Waals surface area contributed by atoms with E-state index in [2.05, 4.69) is 15.3 Å². The summed E-state index contributed by atoms with van der Waals surface area (Å²) in [7, 11) is 0. The van der Waals surface area contributed by atoms with Gasteiger partial charge in [0, 0.05) is 18.4 Å². The number of aromatic nitrogens is 2. The minimum atomic E-state index is -0.385. The van der Waals surface area contributed by atoms with E-state index in [9.17, 15) is 4.79 Å². The zero-order valence-electron chi connectivity index (χ0n) is 12.5. The molecule has 0 saturated carbocycles. The van der Waals surface area contributed by atoms with Gasteiger partial charge in [0.2, 0.25) is 0 Å². The molecule has 0 atom stereocenters. The molecule has 0 saturated heterocycles. The second kappa shape index (κ2) is 9.44. The summed E-state index contributed by atoms with van der Waals surface area (Å²) >= 11 is 0. The lowest BCUT2D eigenvalue weighted by molar-refractivity contribution is 0.144. The highest BCUT2D eigenvalue weighted by atomic mass is 16.5. The first kappa shape index (κ1) is 15.9. The Hall–Kier alpha value is -2.50. The molecule has 0 unspecified atom stereocenters. The van der Waals surface area contributed by atoms with Crippen LogP contribution in [0, 0.1) is 0 Å². The normalized spacial score (nSPS) is 10.2. The van der Waals surface area contributed by atoms with E-state index in [1.165, 1.54) is 0 Å². The Kier molecular flexibility index (Phi) is 6.81. The topological polar surface area (TPSA) is 76.2 Å². The number of nitrogens with one attached hydrogen (secondary N) is 2. The van der Waals surface area contributed by atoms with Crippen LogP contribution in [0.3, 0.4) is 0 Å². The molecule has 6 nitrogen and oxygen atoms in total. The first-order valence-corrected chi connectivity index (χ1v) is 7.40. The number of H-pyrrole nitrogens is 1. The molecule has 0 aliphatic heterocycles. The number of aryl methyl sites for hydroxylation is 1. The molecule has 2 aromatic rings. The average molecular weight is 303 g/mol. The van der Waals surface area contributed by atoms with Crippen molar-refractivity contribution in [2.24, 2.45) is 0 Å². The molecule has 2 rings (SSSR count). The maximum Gasteiger partial charge on any atom is 0.407 e. The Labute approximate surface area is 129 Å². The number of para-hydroxylation sites is 1. The number of amides is 1. The summed E-state index contributed by atoms with van der Waals surface area (Å²) in [5.74, 6) is 0.837. The Bertz CT molecular complexity index is 529. The van der Waals surface area contributed by atoms with Gasteiger partial charge in [-0.2, -0.15) is 0 Å². The average Bonchev–Trinajstić information content (AvgIpc) is 3.06. The molecule has 6 heteroatoms. The number of rotatable bonds is 9. The van der Waals surface area contributed by atoms with Gasteiger partial charge in [-0.15, -0.1) is 0 Å². The predicted molar refractivity (Wildman–Crippen MR) is 82.8 cm³/mol. The van der Waals surface area contributed by atoms with E-state index in [4.69, 9.17) is 9.47 Å². The summed E-state index contributed by atoms with van der Waals surface area (Å²) in [5.41, 5.74) is 1.04. The first-order valence-electron chi connectivity index (χ1n) is 7.40. The molecule has 22 heavy (non-hydrogen) atoms. The standard InChI is InChI=1S/C16H21N3O3/c20-16(22-10-4-6-14-12-17-13-19-14)18-9-5-11-21-15-7-2-1-3-8-15/h1-3,7-8,12-13H,4-6,9-11H2,(H,17,19)(H,18,20). The number of aromatic amines is 1. The van der Waals surface area contributed by atoms with Crippen molar-refractivity contribution in [3.8, 4) is 5.75 Å². The fourth-order valence-corrected chi connectivity index (χ4v) is 1.87. The Morgan fingerprint density at radius 1 is 1.18 bits per heavy atom. The van der Waals surface area contributed by atoms with Crippen LogP contribution in [0.25, 0.3) is 0 Å². The van der Waals surface area contributed by atoms with E-state index >= 15 is 0 Å². The zero-order valence-corrected chi connectivity index (χ0v) is 12.5. The number of ether oxygens (including phenoxy) is 2. The van der Waals surface area contributed by atoms with Gasteiger partial charge >= 0.3 is 6.09 Å². The van der Waals surface area contributed by atoms with Gasteiger partial charge in [-0.25, -0.2) is 9.78 Å². The third-order valence-corrected chi connectivity index (χ3v) is 2.98. The van der Waals surface area contributed by atoms with Crippen molar-refractivity contribution in [2.45, 2.75) is 19.3 Å². The van der Waals surface area contributed by atoms with Crippen molar-refractivity contribution in [3.63, 3.8) is 0 Å². The lowest BCUT2D eigenvalue weighted by Gasteiger charge is -2.08. The smallest absolute Gasteiger partial charge is 0.407 e. The van der Waals surface area contributed by atoms with Gasteiger partial charge in [0.05, 0.1) is 19.5 Å². The van der Waals surface area contributed by atoms with Crippen LogP contribution < -0.4 is 10.1 Å². The minimum Gasteiger partial charge on any atom is -0.494 e.